The van der Waals surface area contributed by atoms with E-state index in [0.29, 0.717) is 16.9 Å². The largest absolute Gasteiger partial charge is 0.489 e. The fourth-order valence-corrected chi connectivity index (χ4v) is 1.19. The number of carboxylic acid groups (broad SMARTS) is 1. The molecule has 0 aliphatic heterocycles. The van der Waals surface area contributed by atoms with Gasteiger partial charge >= 0.3 is 5.97 Å². The average Bonchev–Trinajstić information content (AvgIpc) is 2.26. The van der Waals surface area contributed by atoms with Gasteiger partial charge < -0.3 is 15.6 Å². The summed E-state index contributed by atoms with van der Waals surface area (Å²) in [7, 11) is 0. The number of nitrogens with two attached hydrogens (primary N) is 1. The summed E-state index contributed by atoms with van der Waals surface area (Å²) in [6, 6.07) is 6.40. The van der Waals surface area contributed by atoms with Crippen LogP contribution in [0.2, 0.25) is 0 Å². The Hall–Kier alpha value is -2.30. The van der Waals surface area contributed by atoms with Crippen molar-refractivity contribution < 1.29 is 19.4 Å². The fourth-order valence-electron chi connectivity index (χ4n) is 1.19. The van der Waals surface area contributed by atoms with E-state index >= 15 is 0 Å². The third kappa shape index (κ3) is 4.38. The van der Waals surface area contributed by atoms with Crippen LogP contribution in [0.5, 0.6) is 5.75 Å². The summed E-state index contributed by atoms with van der Waals surface area (Å²) in [4.78, 5) is 21.3. The topological polar surface area (TPSA) is 89.6 Å². The minimum absolute atomic E-state index is 0.147. The van der Waals surface area contributed by atoms with Crippen LogP contribution in [-0.2, 0) is 4.79 Å². The summed E-state index contributed by atoms with van der Waals surface area (Å²) in [5, 5.41) is 8.50. The summed E-state index contributed by atoms with van der Waals surface area (Å²) < 4.78 is 5.32. The van der Waals surface area contributed by atoms with E-state index in [9.17, 15) is 9.59 Å². The van der Waals surface area contributed by atoms with Gasteiger partial charge in [0.2, 0.25) is 5.91 Å². The molecule has 0 saturated heterocycles. The lowest BCUT2D eigenvalue weighted by Gasteiger charge is -2.06. The maximum Gasteiger partial charge on any atom is 0.328 e. The molecular weight excluding hydrogens is 222 g/mol. The normalized spacial score (nSPS) is 11.0. The molecule has 0 aromatic heterocycles. The molecule has 1 aromatic carbocycles. The molecule has 0 unspecified atom stereocenters. The van der Waals surface area contributed by atoms with Crippen molar-refractivity contribution in [1.29, 1.82) is 0 Å². The molecule has 0 spiro atoms. The molecule has 1 amide bonds. The van der Waals surface area contributed by atoms with E-state index in [1.54, 1.807) is 25.1 Å². The van der Waals surface area contributed by atoms with E-state index in [0.717, 1.165) is 6.08 Å². The van der Waals surface area contributed by atoms with Gasteiger partial charge in [0.25, 0.3) is 0 Å². The van der Waals surface area contributed by atoms with Gasteiger partial charge in [0.05, 0.1) is 0 Å². The number of aliphatic carboxylic acids is 1. The molecule has 0 heterocycles. The Morgan fingerprint density at radius 3 is 2.76 bits per heavy atom. The highest BCUT2D eigenvalue weighted by Crippen LogP contribution is 2.13. The van der Waals surface area contributed by atoms with E-state index < -0.39 is 11.9 Å². The number of carboxylic acids is 1. The van der Waals surface area contributed by atoms with Gasteiger partial charge in [0.1, 0.15) is 12.4 Å². The predicted octanol–water partition coefficient (Wildman–Crippen LogP) is 1.20. The third-order valence-corrected chi connectivity index (χ3v) is 1.95. The molecule has 0 bridgehead atoms. The molecule has 0 saturated carbocycles. The minimum Gasteiger partial charge on any atom is -0.489 e. The second kappa shape index (κ2) is 5.69. The van der Waals surface area contributed by atoms with Crippen molar-refractivity contribution in [1.82, 2.24) is 0 Å². The van der Waals surface area contributed by atoms with E-state index in [1.807, 2.05) is 0 Å². The van der Waals surface area contributed by atoms with Crippen molar-refractivity contribution in [3.05, 3.63) is 41.5 Å². The van der Waals surface area contributed by atoms with Gasteiger partial charge in [0.15, 0.2) is 0 Å². The fraction of sp³-hybridized carbons (Fsp3) is 0.167. The predicted molar refractivity (Wildman–Crippen MR) is 61.8 cm³/mol. The Bertz CT molecular complexity index is 465. The number of primary amides is 1. The van der Waals surface area contributed by atoms with Crippen LogP contribution in [0.4, 0.5) is 0 Å². The molecule has 0 fully saturated rings. The van der Waals surface area contributed by atoms with Crippen LogP contribution in [0.1, 0.15) is 17.3 Å². The number of carbonyl (C=O) groups is 2. The second-order valence-corrected chi connectivity index (χ2v) is 3.51. The van der Waals surface area contributed by atoms with Crippen molar-refractivity contribution >= 4 is 11.9 Å². The van der Waals surface area contributed by atoms with E-state index in [2.05, 4.69) is 0 Å². The van der Waals surface area contributed by atoms with E-state index in [1.165, 1.54) is 6.07 Å². The lowest BCUT2D eigenvalue weighted by molar-refractivity contribution is -0.131. The lowest BCUT2D eigenvalue weighted by atomic mass is 10.2. The monoisotopic (exact) mass is 235 g/mol. The summed E-state index contributed by atoms with van der Waals surface area (Å²) in [5.41, 5.74) is 6.04. The molecule has 17 heavy (non-hydrogen) atoms. The summed E-state index contributed by atoms with van der Waals surface area (Å²) >= 11 is 0. The van der Waals surface area contributed by atoms with Crippen LogP contribution >= 0.6 is 0 Å². The number of carbonyl (C=O) groups excluding carboxylic acids is 1. The van der Waals surface area contributed by atoms with Crippen LogP contribution in [0, 0.1) is 0 Å². The molecule has 0 aliphatic carbocycles. The van der Waals surface area contributed by atoms with Crippen molar-refractivity contribution in [2.75, 3.05) is 6.61 Å². The zero-order chi connectivity index (χ0) is 12.8. The SMILES string of the molecule is CC(=CC(=O)O)COc1cccc(C(N)=O)c1. The second-order valence-electron chi connectivity index (χ2n) is 3.51. The summed E-state index contributed by atoms with van der Waals surface area (Å²) in [5.74, 6) is -1.08. The highest BCUT2D eigenvalue weighted by molar-refractivity contribution is 5.93. The molecular formula is C12H13NO4. The first kappa shape index (κ1) is 12.8. The summed E-state index contributed by atoms with van der Waals surface area (Å²) in [6.07, 6.45) is 1.07. The molecule has 1 aromatic rings. The number of hydrogen-bond donors (Lipinski definition) is 2. The number of amides is 1. The van der Waals surface area contributed by atoms with Crippen molar-refractivity contribution in [3.63, 3.8) is 0 Å². The quantitative estimate of drug-likeness (QED) is 0.750. The zero-order valence-electron chi connectivity index (χ0n) is 9.34. The van der Waals surface area contributed by atoms with Crippen LogP contribution < -0.4 is 10.5 Å². The Kier molecular flexibility index (Phi) is 4.28. The first-order valence-electron chi connectivity index (χ1n) is 4.92. The number of hydrogen-bond acceptors (Lipinski definition) is 3. The highest BCUT2D eigenvalue weighted by Gasteiger charge is 2.02. The number of benzene rings is 1. The molecule has 0 radical (unpaired) electrons. The van der Waals surface area contributed by atoms with E-state index in [-0.39, 0.29) is 6.61 Å². The van der Waals surface area contributed by atoms with E-state index in [4.69, 9.17) is 15.6 Å². The first-order valence-corrected chi connectivity index (χ1v) is 4.92. The lowest BCUT2D eigenvalue weighted by Crippen LogP contribution is -2.11. The van der Waals surface area contributed by atoms with Crippen molar-refractivity contribution in [3.8, 4) is 5.75 Å². The number of rotatable bonds is 5. The minimum atomic E-state index is -1.02. The van der Waals surface area contributed by atoms with Crippen LogP contribution in [0.25, 0.3) is 0 Å². The van der Waals surface area contributed by atoms with Gasteiger partial charge in [-0.1, -0.05) is 6.07 Å². The van der Waals surface area contributed by atoms with Gasteiger partial charge in [-0.3, -0.25) is 4.79 Å². The molecule has 1 rings (SSSR count). The van der Waals surface area contributed by atoms with Gasteiger partial charge in [-0.05, 0) is 30.7 Å². The molecule has 90 valence electrons. The molecule has 5 nitrogen and oxygen atoms in total. The molecule has 0 aliphatic rings. The zero-order valence-corrected chi connectivity index (χ0v) is 9.34. The molecule has 3 N–H and O–H groups in total. The van der Waals surface area contributed by atoms with Crippen LogP contribution in [0.3, 0.4) is 0 Å². The van der Waals surface area contributed by atoms with Crippen molar-refractivity contribution in [2.24, 2.45) is 5.73 Å². The van der Waals surface area contributed by atoms with Gasteiger partial charge in [-0.2, -0.15) is 0 Å². The smallest absolute Gasteiger partial charge is 0.328 e. The molecule has 5 heteroatoms. The van der Waals surface area contributed by atoms with Gasteiger partial charge in [-0.25, -0.2) is 4.79 Å². The Balaban J connectivity index is 2.67. The first-order chi connectivity index (χ1) is 7.99. The maximum absolute atomic E-state index is 10.9. The van der Waals surface area contributed by atoms with Crippen LogP contribution in [0.15, 0.2) is 35.9 Å². The number of ether oxygens (including phenoxy) is 1. The van der Waals surface area contributed by atoms with Gasteiger partial charge in [-0.15, -0.1) is 0 Å². The van der Waals surface area contributed by atoms with Crippen LogP contribution in [-0.4, -0.2) is 23.6 Å². The average molecular weight is 235 g/mol. The Morgan fingerprint density at radius 2 is 2.18 bits per heavy atom. The third-order valence-electron chi connectivity index (χ3n) is 1.95. The van der Waals surface area contributed by atoms with Crippen molar-refractivity contribution in [2.45, 2.75) is 6.92 Å². The summed E-state index contributed by atoms with van der Waals surface area (Å²) in [6.45, 7) is 1.79. The highest BCUT2D eigenvalue weighted by atomic mass is 16.5. The standard InChI is InChI=1S/C12H13NO4/c1-8(5-11(14)15)7-17-10-4-2-3-9(6-10)12(13)16/h2-6H,7H2,1H3,(H2,13,16)(H,14,15). The van der Waals surface area contributed by atoms with Gasteiger partial charge in [0, 0.05) is 11.6 Å². The maximum atomic E-state index is 10.9. The Morgan fingerprint density at radius 1 is 1.47 bits per heavy atom. The molecule has 0 atom stereocenters. The Labute approximate surface area is 98.5 Å².